The summed E-state index contributed by atoms with van der Waals surface area (Å²) < 4.78 is 7.50. The largest absolute Gasteiger partial charge is 0.497 e. The van der Waals surface area contributed by atoms with Gasteiger partial charge in [-0.2, -0.15) is 0 Å². The summed E-state index contributed by atoms with van der Waals surface area (Å²) >= 11 is 0. The van der Waals surface area contributed by atoms with Crippen LogP contribution in [0.3, 0.4) is 0 Å². The van der Waals surface area contributed by atoms with Crippen LogP contribution in [0.5, 0.6) is 5.75 Å². The van der Waals surface area contributed by atoms with Crippen molar-refractivity contribution in [2.75, 3.05) is 7.11 Å². The molecule has 4 aromatic rings. The van der Waals surface area contributed by atoms with Crippen LogP contribution in [-0.4, -0.2) is 16.7 Å². The average molecular weight is 395 g/mol. The molecule has 0 amide bonds. The third kappa shape index (κ3) is 4.87. The van der Waals surface area contributed by atoms with E-state index in [-0.39, 0.29) is 0 Å². The fourth-order valence-electron chi connectivity index (χ4n) is 3.69. The molecule has 3 aromatic carbocycles. The maximum Gasteiger partial charge on any atom is 0.118 e. The number of hydrogen-bond donors (Lipinski definition) is 0. The highest BCUT2D eigenvalue weighted by Crippen LogP contribution is 2.30. The Labute approximate surface area is 178 Å². The molecule has 0 N–H and O–H groups in total. The van der Waals surface area contributed by atoms with Crippen LogP contribution in [0.2, 0.25) is 0 Å². The third-order valence-electron chi connectivity index (χ3n) is 5.32. The fraction of sp³-hybridized carbons (Fsp3) is 0.148. The number of rotatable bonds is 8. The molecule has 0 aliphatic carbocycles. The van der Waals surface area contributed by atoms with Gasteiger partial charge in [0.05, 0.1) is 25.3 Å². The first-order chi connectivity index (χ1) is 14.8. The molecule has 0 spiro atoms. The van der Waals surface area contributed by atoms with Crippen LogP contribution >= 0.6 is 0 Å². The highest BCUT2D eigenvalue weighted by Gasteiger charge is 2.13. The summed E-state index contributed by atoms with van der Waals surface area (Å²) in [6.07, 6.45) is 9.15. The molecule has 0 fully saturated rings. The molecule has 1 unspecified atom stereocenters. The molecule has 0 aliphatic heterocycles. The van der Waals surface area contributed by atoms with Crippen molar-refractivity contribution in [1.82, 2.24) is 9.55 Å². The van der Waals surface area contributed by atoms with Crippen molar-refractivity contribution in [2.24, 2.45) is 0 Å². The van der Waals surface area contributed by atoms with Gasteiger partial charge in [0.25, 0.3) is 0 Å². The summed E-state index contributed by atoms with van der Waals surface area (Å²) in [5.74, 6) is 1.17. The standard InChI is InChI=1S/C27H26N2O/c1-30-26-17-15-24(16-18-26)27(23-11-6-3-7-12-23)14-8-13-25-19-28-21-29(25)20-22-9-4-2-5-10-22/h2-13,15-19,21,27H,14,20H2,1H3. The van der Waals surface area contributed by atoms with E-state index in [9.17, 15) is 0 Å². The van der Waals surface area contributed by atoms with E-state index in [1.165, 1.54) is 16.7 Å². The first-order valence-corrected chi connectivity index (χ1v) is 10.2. The molecule has 0 aliphatic rings. The Morgan fingerprint density at radius 1 is 0.867 bits per heavy atom. The Bertz CT molecular complexity index is 1070. The molecule has 4 rings (SSSR count). The quantitative estimate of drug-likeness (QED) is 0.357. The summed E-state index contributed by atoms with van der Waals surface area (Å²) in [7, 11) is 1.70. The lowest BCUT2D eigenvalue weighted by molar-refractivity contribution is 0.414. The molecule has 150 valence electrons. The summed E-state index contributed by atoms with van der Waals surface area (Å²) in [6.45, 7) is 0.821. The van der Waals surface area contributed by atoms with Crippen LogP contribution in [0.1, 0.15) is 34.7 Å². The van der Waals surface area contributed by atoms with Crippen LogP contribution in [0, 0.1) is 0 Å². The first kappa shape index (κ1) is 19.7. The summed E-state index contributed by atoms with van der Waals surface area (Å²) in [5.41, 5.74) is 4.97. The van der Waals surface area contributed by atoms with Gasteiger partial charge in [-0.25, -0.2) is 4.98 Å². The predicted octanol–water partition coefficient (Wildman–Crippen LogP) is 6.18. The number of hydrogen-bond acceptors (Lipinski definition) is 2. The second-order valence-corrected chi connectivity index (χ2v) is 7.31. The number of aromatic nitrogens is 2. The fourth-order valence-corrected chi connectivity index (χ4v) is 3.69. The molecule has 0 bridgehead atoms. The van der Waals surface area contributed by atoms with Gasteiger partial charge in [0.1, 0.15) is 5.75 Å². The van der Waals surface area contributed by atoms with Crippen molar-refractivity contribution >= 4 is 6.08 Å². The van der Waals surface area contributed by atoms with Gasteiger partial charge < -0.3 is 9.30 Å². The molecular formula is C27H26N2O. The number of benzene rings is 3. The summed E-state index contributed by atoms with van der Waals surface area (Å²) in [4.78, 5) is 4.35. The van der Waals surface area contributed by atoms with E-state index in [0.717, 1.165) is 24.4 Å². The van der Waals surface area contributed by atoms with Gasteiger partial charge in [-0.1, -0.05) is 78.9 Å². The van der Waals surface area contributed by atoms with Gasteiger partial charge in [0.2, 0.25) is 0 Å². The van der Waals surface area contributed by atoms with E-state index < -0.39 is 0 Å². The molecule has 1 aromatic heterocycles. The van der Waals surface area contributed by atoms with E-state index in [4.69, 9.17) is 4.74 Å². The lowest BCUT2D eigenvalue weighted by Crippen LogP contribution is -2.01. The minimum atomic E-state index is 0.291. The maximum atomic E-state index is 5.32. The lowest BCUT2D eigenvalue weighted by Gasteiger charge is -2.17. The highest BCUT2D eigenvalue weighted by atomic mass is 16.5. The molecule has 0 radical (unpaired) electrons. The van der Waals surface area contributed by atoms with E-state index in [2.05, 4.69) is 88.4 Å². The monoisotopic (exact) mass is 394 g/mol. The molecule has 3 heteroatoms. The van der Waals surface area contributed by atoms with Crippen LogP contribution < -0.4 is 4.74 Å². The van der Waals surface area contributed by atoms with Crippen molar-refractivity contribution in [3.63, 3.8) is 0 Å². The number of allylic oxidation sites excluding steroid dienone is 1. The average Bonchev–Trinajstić information content (AvgIpc) is 3.25. The zero-order chi connectivity index (χ0) is 20.6. The molecule has 3 nitrogen and oxygen atoms in total. The normalized spacial score (nSPS) is 12.2. The van der Waals surface area contributed by atoms with Crippen LogP contribution in [0.15, 0.2) is 104 Å². The first-order valence-electron chi connectivity index (χ1n) is 10.2. The van der Waals surface area contributed by atoms with Gasteiger partial charge in [-0.05, 0) is 41.3 Å². The Morgan fingerprint density at radius 3 is 2.23 bits per heavy atom. The van der Waals surface area contributed by atoms with Gasteiger partial charge in [-0.3, -0.25) is 0 Å². The number of imidazole rings is 1. The third-order valence-corrected chi connectivity index (χ3v) is 5.32. The molecule has 0 saturated carbocycles. The smallest absolute Gasteiger partial charge is 0.118 e. The van der Waals surface area contributed by atoms with E-state index in [1.807, 2.05) is 30.7 Å². The van der Waals surface area contributed by atoms with Crippen molar-refractivity contribution in [2.45, 2.75) is 18.9 Å². The second-order valence-electron chi connectivity index (χ2n) is 7.31. The van der Waals surface area contributed by atoms with Crippen molar-refractivity contribution in [3.05, 3.63) is 126 Å². The highest BCUT2D eigenvalue weighted by molar-refractivity contribution is 5.45. The second kappa shape index (κ2) is 9.75. The summed E-state index contributed by atoms with van der Waals surface area (Å²) in [5, 5.41) is 0. The lowest BCUT2D eigenvalue weighted by atomic mass is 9.88. The number of nitrogens with zero attached hydrogens (tertiary/aromatic N) is 2. The van der Waals surface area contributed by atoms with E-state index in [1.54, 1.807) is 7.11 Å². The number of methoxy groups -OCH3 is 1. The van der Waals surface area contributed by atoms with Crippen LogP contribution in [0.25, 0.3) is 6.08 Å². The molecule has 1 atom stereocenters. The zero-order valence-electron chi connectivity index (χ0n) is 17.2. The minimum absolute atomic E-state index is 0.291. The zero-order valence-corrected chi connectivity index (χ0v) is 17.2. The number of ether oxygens (including phenoxy) is 1. The molecule has 1 heterocycles. The topological polar surface area (TPSA) is 27.1 Å². The van der Waals surface area contributed by atoms with E-state index >= 15 is 0 Å². The maximum absolute atomic E-state index is 5.32. The van der Waals surface area contributed by atoms with Crippen LogP contribution in [0.4, 0.5) is 0 Å². The van der Waals surface area contributed by atoms with Gasteiger partial charge in [-0.15, -0.1) is 0 Å². The Balaban J connectivity index is 1.53. The SMILES string of the molecule is COc1ccc(C(CC=Cc2cncn2Cc2ccccc2)c2ccccc2)cc1. The van der Waals surface area contributed by atoms with Crippen molar-refractivity contribution in [3.8, 4) is 5.75 Å². The van der Waals surface area contributed by atoms with Gasteiger partial charge in [0, 0.05) is 12.5 Å². The summed E-state index contributed by atoms with van der Waals surface area (Å²) in [6, 6.07) is 29.5. The molecule has 30 heavy (non-hydrogen) atoms. The minimum Gasteiger partial charge on any atom is -0.497 e. The van der Waals surface area contributed by atoms with Crippen molar-refractivity contribution in [1.29, 1.82) is 0 Å². The Hall–Kier alpha value is -3.59. The molecular weight excluding hydrogens is 368 g/mol. The van der Waals surface area contributed by atoms with E-state index in [0.29, 0.717) is 5.92 Å². The Morgan fingerprint density at radius 2 is 1.53 bits per heavy atom. The van der Waals surface area contributed by atoms with Crippen LogP contribution in [-0.2, 0) is 6.54 Å². The molecule has 0 saturated heterocycles. The Kier molecular flexibility index (Phi) is 6.41. The van der Waals surface area contributed by atoms with Gasteiger partial charge in [0.15, 0.2) is 0 Å². The predicted molar refractivity (Wildman–Crippen MR) is 123 cm³/mol. The van der Waals surface area contributed by atoms with Gasteiger partial charge >= 0.3 is 0 Å². The van der Waals surface area contributed by atoms with Crippen molar-refractivity contribution < 1.29 is 4.74 Å².